The van der Waals surface area contributed by atoms with Gasteiger partial charge in [0.05, 0.1) is 16.4 Å². The summed E-state index contributed by atoms with van der Waals surface area (Å²) >= 11 is 12.0. The molecule has 0 amide bonds. The second-order valence-electron chi connectivity index (χ2n) is 4.73. The molecule has 1 heterocycles. The lowest BCUT2D eigenvalue weighted by Gasteiger charge is -2.15. The quantitative estimate of drug-likeness (QED) is 0.743. The molecule has 0 radical (unpaired) electrons. The van der Waals surface area contributed by atoms with Gasteiger partial charge in [-0.1, -0.05) is 24.9 Å². The number of aryl methyl sites for hydroxylation is 2. The first-order chi connectivity index (χ1) is 8.60. The maximum atomic E-state index is 6.21. The van der Waals surface area contributed by atoms with Gasteiger partial charge in [0, 0.05) is 19.5 Å². The highest BCUT2D eigenvalue weighted by molar-refractivity contribution is 6.31. The first kappa shape index (κ1) is 15.8. The summed E-state index contributed by atoms with van der Waals surface area (Å²) < 4.78 is 1.85. The summed E-state index contributed by atoms with van der Waals surface area (Å²) in [6, 6.07) is 0. The molecule has 0 fully saturated rings. The fourth-order valence-electron chi connectivity index (χ4n) is 2.18. The third-order valence-electron chi connectivity index (χ3n) is 3.20. The minimum absolute atomic E-state index is 0.653. The number of hydrogen-bond donors (Lipinski definition) is 1. The van der Waals surface area contributed by atoms with E-state index in [4.69, 9.17) is 23.2 Å². The minimum atomic E-state index is 0.653. The van der Waals surface area contributed by atoms with Gasteiger partial charge in [-0.3, -0.25) is 4.68 Å². The molecular weight excluding hydrogens is 269 g/mol. The van der Waals surface area contributed by atoms with Crippen molar-refractivity contribution in [2.24, 2.45) is 13.0 Å². The van der Waals surface area contributed by atoms with Crippen molar-refractivity contribution in [1.82, 2.24) is 15.1 Å². The molecule has 1 rings (SSSR count). The first-order valence-corrected chi connectivity index (χ1v) is 7.46. The van der Waals surface area contributed by atoms with Crippen molar-refractivity contribution in [3.05, 3.63) is 16.4 Å². The fourth-order valence-corrected chi connectivity index (χ4v) is 2.71. The summed E-state index contributed by atoms with van der Waals surface area (Å²) in [6.45, 7) is 5.89. The second kappa shape index (κ2) is 8.03. The molecule has 0 aliphatic heterocycles. The van der Waals surface area contributed by atoms with Gasteiger partial charge in [0.2, 0.25) is 0 Å². The Bertz CT molecular complexity index is 357. The summed E-state index contributed by atoms with van der Waals surface area (Å²) in [5, 5.41) is 8.54. The monoisotopic (exact) mass is 291 g/mol. The van der Waals surface area contributed by atoms with Gasteiger partial charge in [0.1, 0.15) is 0 Å². The van der Waals surface area contributed by atoms with Crippen molar-refractivity contribution in [3.8, 4) is 0 Å². The van der Waals surface area contributed by atoms with Gasteiger partial charge in [-0.25, -0.2) is 0 Å². The maximum Gasteiger partial charge on any atom is 0.0860 e. The van der Waals surface area contributed by atoms with E-state index in [1.165, 1.54) is 12.8 Å². The summed E-state index contributed by atoms with van der Waals surface area (Å²) in [4.78, 5) is 0. The van der Waals surface area contributed by atoms with Gasteiger partial charge < -0.3 is 5.32 Å². The highest BCUT2D eigenvalue weighted by atomic mass is 35.5. The molecular formula is C13H23Cl2N3. The highest BCUT2D eigenvalue weighted by Crippen LogP contribution is 2.19. The van der Waals surface area contributed by atoms with Gasteiger partial charge in [-0.15, -0.1) is 11.6 Å². The number of nitrogens with one attached hydrogen (secondary N) is 1. The molecule has 1 aromatic rings. The molecule has 0 bridgehead atoms. The lowest BCUT2D eigenvalue weighted by molar-refractivity contribution is 0.426. The van der Waals surface area contributed by atoms with Crippen LogP contribution in [0, 0.1) is 12.8 Å². The van der Waals surface area contributed by atoms with Gasteiger partial charge in [-0.2, -0.15) is 5.10 Å². The number of nitrogens with zero attached hydrogens (tertiary/aromatic N) is 2. The van der Waals surface area contributed by atoms with Crippen LogP contribution in [0.4, 0.5) is 0 Å². The van der Waals surface area contributed by atoms with Crippen LogP contribution in [0.1, 0.15) is 37.6 Å². The Balaban J connectivity index is 2.44. The van der Waals surface area contributed by atoms with Crippen LogP contribution in [0.15, 0.2) is 0 Å². The summed E-state index contributed by atoms with van der Waals surface area (Å²) in [7, 11) is 1.93. The van der Waals surface area contributed by atoms with Crippen LogP contribution in [-0.4, -0.2) is 22.2 Å². The standard InChI is InChI=1S/C13H23Cl2N3/c1-4-5-11(6-7-14)8-16-9-12-13(15)10(2)17-18(12)3/h11,16H,4-9H2,1-3H3. The number of halogens is 2. The van der Waals surface area contributed by atoms with E-state index >= 15 is 0 Å². The average molecular weight is 292 g/mol. The third-order valence-corrected chi connectivity index (χ3v) is 3.91. The third kappa shape index (κ3) is 4.45. The maximum absolute atomic E-state index is 6.21. The van der Waals surface area contributed by atoms with E-state index in [2.05, 4.69) is 17.3 Å². The zero-order chi connectivity index (χ0) is 13.5. The molecule has 0 aliphatic carbocycles. The Hall–Kier alpha value is -0.250. The van der Waals surface area contributed by atoms with E-state index in [0.29, 0.717) is 5.92 Å². The molecule has 0 saturated heterocycles. The normalized spacial score (nSPS) is 12.9. The Morgan fingerprint density at radius 3 is 2.61 bits per heavy atom. The largest absolute Gasteiger partial charge is 0.311 e. The van der Waals surface area contributed by atoms with Crippen LogP contribution in [0.3, 0.4) is 0 Å². The first-order valence-electron chi connectivity index (χ1n) is 6.54. The smallest absolute Gasteiger partial charge is 0.0860 e. The lowest BCUT2D eigenvalue weighted by atomic mass is 10.0. The SMILES string of the molecule is CCCC(CCCl)CNCc1c(Cl)c(C)nn1C. The number of hydrogen-bond acceptors (Lipinski definition) is 2. The van der Waals surface area contributed by atoms with Crippen molar-refractivity contribution >= 4 is 23.2 Å². The molecule has 18 heavy (non-hydrogen) atoms. The van der Waals surface area contributed by atoms with Crippen molar-refractivity contribution in [2.45, 2.75) is 39.7 Å². The molecule has 1 unspecified atom stereocenters. The molecule has 5 heteroatoms. The van der Waals surface area contributed by atoms with Crippen molar-refractivity contribution in [1.29, 1.82) is 0 Å². The zero-order valence-corrected chi connectivity index (χ0v) is 13.0. The van der Waals surface area contributed by atoms with Crippen LogP contribution in [-0.2, 0) is 13.6 Å². The minimum Gasteiger partial charge on any atom is -0.311 e. The molecule has 0 aliphatic rings. The van der Waals surface area contributed by atoms with Gasteiger partial charge in [0.15, 0.2) is 0 Å². The van der Waals surface area contributed by atoms with Crippen LogP contribution < -0.4 is 5.32 Å². The number of alkyl halides is 1. The predicted molar refractivity (Wildman–Crippen MR) is 78.4 cm³/mol. The summed E-state index contributed by atoms with van der Waals surface area (Å²) in [6.07, 6.45) is 3.49. The van der Waals surface area contributed by atoms with E-state index in [1.54, 1.807) is 0 Å². The summed E-state index contributed by atoms with van der Waals surface area (Å²) in [5.74, 6) is 1.39. The number of rotatable bonds is 8. The van der Waals surface area contributed by atoms with E-state index in [9.17, 15) is 0 Å². The predicted octanol–water partition coefficient (Wildman–Crippen LogP) is 3.52. The second-order valence-corrected chi connectivity index (χ2v) is 5.49. The van der Waals surface area contributed by atoms with E-state index in [-0.39, 0.29) is 0 Å². The molecule has 1 N–H and O–H groups in total. The molecule has 1 aromatic heterocycles. The lowest BCUT2D eigenvalue weighted by Crippen LogP contribution is -2.24. The number of aromatic nitrogens is 2. The highest BCUT2D eigenvalue weighted by Gasteiger charge is 2.12. The van der Waals surface area contributed by atoms with Gasteiger partial charge in [-0.05, 0) is 32.2 Å². The Kier molecular flexibility index (Phi) is 7.05. The van der Waals surface area contributed by atoms with Crippen LogP contribution >= 0.6 is 23.2 Å². The van der Waals surface area contributed by atoms with Crippen molar-refractivity contribution in [3.63, 3.8) is 0 Å². The Morgan fingerprint density at radius 1 is 1.39 bits per heavy atom. The molecule has 3 nitrogen and oxygen atoms in total. The van der Waals surface area contributed by atoms with Crippen molar-refractivity contribution in [2.75, 3.05) is 12.4 Å². The summed E-state index contributed by atoms with van der Waals surface area (Å²) in [5.41, 5.74) is 1.94. The fraction of sp³-hybridized carbons (Fsp3) is 0.769. The van der Waals surface area contributed by atoms with E-state index in [1.807, 2.05) is 18.7 Å². The molecule has 0 saturated carbocycles. The Labute approximate surface area is 120 Å². The van der Waals surface area contributed by atoms with E-state index in [0.717, 1.165) is 41.8 Å². The average Bonchev–Trinajstić information content (AvgIpc) is 2.56. The van der Waals surface area contributed by atoms with Crippen LogP contribution in [0.2, 0.25) is 5.02 Å². The Morgan fingerprint density at radius 2 is 2.11 bits per heavy atom. The topological polar surface area (TPSA) is 29.9 Å². The van der Waals surface area contributed by atoms with E-state index < -0.39 is 0 Å². The van der Waals surface area contributed by atoms with Gasteiger partial charge >= 0.3 is 0 Å². The van der Waals surface area contributed by atoms with Crippen molar-refractivity contribution < 1.29 is 0 Å². The molecule has 0 aromatic carbocycles. The van der Waals surface area contributed by atoms with Crippen LogP contribution in [0.25, 0.3) is 0 Å². The zero-order valence-electron chi connectivity index (χ0n) is 11.5. The molecule has 1 atom stereocenters. The van der Waals surface area contributed by atoms with Gasteiger partial charge in [0.25, 0.3) is 0 Å². The molecule has 104 valence electrons. The van der Waals surface area contributed by atoms with Crippen LogP contribution in [0.5, 0.6) is 0 Å². The molecule has 0 spiro atoms.